The van der Waals surface area contributed by atoms with Crippen LogP contribution in [0, 0.1) is 0 Å². The summed E-state index contributed by atoms with van der Waals surface area (Å²) >= 11 is 12.4. The maximum atomic E-state index is 6.29. The van der Waals surface area contributed by atoms with E-state index in [0.717, 1.165) is 36.6 Å². The van der Waals surface area contributed by atoms with Crippen LogP contribution in [0.2, 0.25) is 10.0 Å². The van der Waals surface area contributed by atoms with Crippen LogP contribution in [-0.4, -0.2) is 19.3 Å². The molecule has 0 saturated carbocycles. The Bertz CT molecular complexity index is 391. The fraction of sp³-hybridized carbons (Fsp3) is 0.571. The minimum Gasteiger partial charge on any atom is -0.376 e. The molecule has 1 aliphatic rings. The van der Waals surface area contributed by atoms with Gasteiger partial charge in [0.05, 0.1) is 12.1 Å². The summed E-state index contributed by atoms with van der Waals surface area (Å²) in [6.45, 7) is 3.81. The molecule has 0 aromatic heterocycles. The second-order valence-corrected chi connectivity index (χ2v) is 5.45. The lowest BCUT2D eigenvalue weighted by Crippen LogP contribution is -2.36. The summed E-state index contributed by atoms with van der Waals surface area (Å²) in [5.74, 6) is 0. The number of ether oxygens (including phenoxy) is 1. The molecule has 4 heteroatoms. The van der Waals surface area contributed by atoms with Gasteiger partial charge in [-0.15, -0.1) is 0 Å². The highest BCUT2D eigenvalue weighted by atomic mass is 35.5. The van der Waals surface area contributed by atoms with Crippen molar-refractivity contribution in [3.63, 3.8) is 0 Å². The Morgan fingerprint density at radius 1 is 1.39 bits per heavy atom. The van der Waals surface area contributed by atoms with Crippen molar-refractivity contribution >= 4 is 23.2 Å². The molecule has 0 bridgehead atoms. The van der Waals surface area contributed by atoms with E-state index in [1.54, 1.807) is 0 Å². The first-order chi connectivity index (χ1) is 8.72. The summed E-state index contributed by atoms with van der Waals surface area (Å²) in [6.07, 6.45) is 3.62. The van der Waals surface area contributed by atoms with Crippen LogP contribution in [0.5, 0.6) is 0 Å². The molecule has 1 fully saturated rings. The molecule has 2 atom stereocenters. The number of hydrogen-bond acceptors (Lipinski definition) is 2. The van der Waals surface area contributed by atoms with Gasteiger partial charge < -0.3 is 10.1 Å². The van der Waals surface area contributed by atoms with Crippen LogP contribution in [0.25, 0.3) is 0 Å². The Balaban J connectivity index is 2.24. The largest absolute Gasteiger partial charge is 0.376 e. The number of benzene rings is 1. The molecule has 1 N–H and O–H groups in total. The quantitative estimate of drug-likeness (QED) is 0.896. The Labute approximate surface area is 119 Å². The summed E-state index contributed by atoms with van der Waals surface area (Å²) in [5, 5.41) is 4.93. The fourth-order valence-corrected chi connectivity index (χ4v) is 2.86. The minimum atomic E-state index is 0.126. The standard InChI is InChI=1S/C14H19Cl2NO/c1-2-17-14(13-5-3-4-8-18-13)11-9-10(15)6-7-12(11)16/h6-7,9,13-14,17H,2-5,8H2,1H3. The third kappa shape index (κ3) is 3.39. The van der Waals surface area contributed by atoms with Crippen molar-refractivity contribution in [2.24, 2.45) is 0 Å². The molecule has 2 nitrogen and oxygen atoms in total. The summed E-state index contributed by atoms with van der Waals surface area (Å²) in [4.78, 5) is 0. The van der Waals surface area contributed by atoms with E-state index in [-0.39, 0.29) is 12.1 Å². The van der Waals surface area contributed by atoms with Gasteiger partial charge in [0.15, 0.2) is 0 Å². The van der Waals surface area contributed by atoms with Gasteiger partial charge in [0.2, 0.25) is 0 Å². The number of halogens is 2. The number of hydrogen-bond donors (Lipinski definition) is 1. The zero-order chi connectivity index (χ0) is 13.0. The molecule has 0 amide bonds. The predicted molar refractivity (Wildman–Crippen MR) is 76.5 cm³/mol. The highest BCUT2D eigenvalue weighted by molar-refractivity contribution is 6.33. The van der Waals surface area contributed by atoms with Crippen LogP contribution >= 0.6 is 23.2 Å². The average molecular weight is 288 g/mol. The molecule has 0 spiro atoms. The van der Waals surface area contributed by atoms with E-state index < -0.39 is 0 Å². The van der Waals surface area contributed by atoms with Crippen LogP contribution in [-0.2, 0) is 4.74 Å². The van der Waals surface area contributed by atoms with Gasteiger partial charge in [-0.3, -0.25) is 0 Å². The molecule has 0 radical (unpaired) electrons. The summed E-state index contributed by atoms with van der Waals surface area (Å²) < 4.78 is 5.88. The monoisotopic (exact) mass is 287 g/mol. The molecule has 18 heavy (non-hydrogen) atoms. The van der Waals surface area contributed by atoms with Gasteiger partial charge in [-0.25, -0.2) is 0 Å². The summed E-state index contributed by atoms with van der Waals surface area (Å²) in [5.41, 5.74) is 1.04. The molecule has 1 aromatic carbocycles. The molecule has 100 valence electrons. The van der Waals surface area contributed by atoms with Crippen LogP contribution in [0.1, 0.15) is 37.8 Å². The van der Waals surface area contributed by atoms with Crippen molar-refractivity contribution < 1.29 is 4.74 Å². The highest BCUT2D eigenvalue weighted by Crippen LogP contribution is 2.32. The van der Waals surface area contributed by atoms with Gasteiger partial charge in [-0.2, -0.15) is 0 Å². The SMILES string of the molecule is CCNC(c1cc(Cl)ccc1Cl)C1CCCCO1. The molecule has 1 aromatic rings. The van der Waals surface area contributed by atoms with E-state index in [9.17, 15) is 0 Å². The Kier molecular flexibility index (Phi) is 5.31. The van der Waals surface area contributed by atoms with Crippen molar-refractivity contribution in [1.82, 2.24) is 5.32 Å². The smallest absolute Gasteiger partial charge is 0.0770 e. The summed E-state index contributed by atoms with van der Waals surface area (Å²) in [6, 6.07) is 5.74. The van der Waals surface area contributed by atoms with Crippen LogP contribution in [0.3, 0.4) is 0 Å². The maximum Gasteiger partial charge on any atom is 0.0770 e. The van der Waals surface area contributed by atoms with E-state index in [1.807, 2.05) is 18.2 Å². The molecule has 2 unspecified atom stereocenters. The molecule has 0 aliphatic carbocycles. The maximum absolute atomic E-state index is 6.29. The molecular weight excluding hydrogens is 269 g/mol. The first-order valence-electron chi connectivity index (χ1n) is 6.52. The fourth-order valence-electron chi connectivity index (χ4n) is 2.44. The van der Waals surface area contributed by atoms with Gasteiger partial charge in [0.1, 0.15) is 0 Å². The Hall–Kier alpha value is -0.280. The number of likely N-dealkylation sites (N-methyl/N-ethyl adjacent to an activating group) is 1. The zero-order valence-corrected chi connectivity index (χ0v) is 12.1. The van der Waals surface area contributed by atoms with Crippen molar-refractivity contribution in [3.05, 3.63) is 33.8 Å². The van der Waals surface area contributed by atoms with Crippen molar-refractivity contribution in [2.45, 2.75) is 38.3 Å². The van der Waals surface area contributed by atoms with Gasteiger partial charge in [0.25, 0.3) is 0 Å². The lowest BCUT2D eigenvalue weighted by Gasteiger charge is -2.32. The molecule has 1 heterocycles. The number of nitrogens with one attached hydrogen (secondary N) is 1. The van der Waals surface area contributed by atoms with Crippen LogP contribution in [0.4, 0.5) is 0 Å². The third-order valence-electron chi connectivity index (χ3n) is 3.30. The van der Waals surface area contributed by atoms with E-state index in [2.05, 4.69) is 12.2 Å². The minimum absolute atomic E-state index is 0.126. The predicted octanol–water partition coefficient (Wildman–Crippen LogP) is 4.21. The third-order valence-corrected chi connectivity index (χ3v) is 3.88. The lowest BCUT2D eigenvalue weighted by molar-refractivity contribution is -0.00784. The summed E-state index contributed by atoms with van der Waals surface area (Å²) in [7, 11) is 0. The first kappa shape index (κ1) is 14.1. The van der Waals surface area contributed by atoms with Gasteiger partial charge >= 0.3 is 0 Å². The lowest BCUT2D eigenvalue weighted by atomic mass is 9.95. The first-order valence-corrected chi connectivity index (χ1v) is 7.28. The molecule has 1 aliphatic heterocycles. The van der Waals surface area contributed by atoms with Gasteiger partial charge in [0, 0.05) is 16.7 Å². The van der Waals surface area contributed by atoms with E-state index in [0.29, 0.717) is 5.02 Å². The Morgan fingerprint density at radius 2 is 2.22 bits per heavy atom. The van der Waals surface area contributed by atoms with Crippen LogP contribution in [0.15, 0.2) is 18.2 Å². The molecular formula is C14H19Cl2NO. The number of rotatable bonds is 4. The van der Waals surface area contributed by atoms with Crippen molar-refractivity contribution in [2.75, 3.05) is 13.2 Å². The average Bonchev–Trinajstić information content (AvgIpc) is 2.40. The van der Waals surface area contributed by atoms with Crippen LogP contribution < -0.4 is 5.32 Å². The zero-order valence-electron chi connectivity index (χ0n) is 10.6. The van der Waals surface area contributed by atoms with Crippen molar-refractivity contribution in [1.29, 1.82) is 0 Å². The Morgan fingerprint density at radius 3 is 2.89 bits per heavy atom. The van der Waals surface area contributed by atoms with Gasteiger partial charge in [-0.05, 0) is 49.6 Å². The normalized spacial score (nSPS) is 21.8. The van der Waals surface area contributed by atoms with Crippen molar-refractivity contribution in [3.8, 4) is 0 Å². The van der Waals surface area contributed by atoms with E-state index in [4.69, 9.17) is 27.9 Å². The molecule has 1 saturated heterocycles. The topological polar surface area (TPSA) is 21.3 Å². The van der Waals surface area contributed by atoms with Gasteiger partial charge in [-0.1, -0.05) is 30.1 Å². The van der Waals surface area contributed by atoms with E-state index >= 15 is 0 Å². The van der Waals surface area contributed by atoms with E-state index in [1.165, 1.54) is 6.42 Å². The second kappa shape index (κ2) is 6.76. The second-order valence-electron chi connectivity index (χ2n) is 4.61. The highest BCUT2D eigenvalue weighted by Gasteiger charge is 2.26. The molecule has 2 rings (SSSR count).